The molecule has 0 unspecified atom stereocenters. The summed E-state index contributed by atoms with van der Waals surface area (Å²) in [6.07, 6.45) is 0.900. The molecule has 0 aliphatic heterocycles. The highest BCUT2D eigenvalue weighted by Crippen LogP contribution is 2.18. The van der Waals surface area contributed by atoms with Crippen molar-refractivity contribution >= 4 is 16.8 Å². The molecule has 3 rings (SSSR count). The van der Waals surface area contributed by atoms with Crippen molar-refractivity contribution in [1.29, 1.82) is 0 Å². The molecule has 104 valence electrons. The van der Waals surface area contributed by atoms with Crippen LogP contribution >= 0.6 is 0 Å². The Bertz CT molecular complexity index is 832. The second kappa shape index (κ2) is 5.75. The molecule has 0 bridgehead atoms. The van der Waals surface area contributed by atoms with Gasteiger partial charge in [-0.25, -0.2) is 4.79 Å². The zero-order chi connectivity index (χ0) is 14.7. The number of rotatable bonds is 4. The van der Waals surface area contributed by atoms with Gasteiger partial charge in [0.25, 0.3) is 0 Å². The summed E-state index contributed by atoms with van der Waals surface area (Å²) in [5.74, 6) is 0.0768. The van der Waals surface area contributed by atoms with E-state index in [9.17, 15) is 9.59 Å². The quantitative estimate of drug-likeness (QED) is 0.541. The number of ketones is 1. The maximum atomic E-state index is 12.1. The Kier molecular flexibility index (Phi) is 3.65. The fourth-order valence-corrected chi connectivity index (χ4v) is 2.40. The van der Waals surface area contributed by atoms with Gasteiger partial charge in [0, 0.05) is 23.4 Å². The third-order valence-corrected chi connectivity index (χ3v) is 3.45. The summed E-state index contributed by atoms with van der Waals surface area (Å²) in [5, 5.41) is 0.887. The largest absolute Gasteiger partial charge is 0.423 e. The lowest BCUT2D eigenvalue weighted by atomic mass is 10.0. The highest BCUT2D eigenvalue weighted by molar-refractivity contribution is 5.96. The molecule has 0 fully saturated rings. The molecule has 3 aromatic rings. The van der Waals surface area contributed by atoms with E-state index >= 15 is 0 Å². The van der Waals surface area contributed by atoms with E-state index in [1.807, 2.05) is 36.4 Å². The van der Waals surface area contributed by atoms with Crippen molar-refractivity contribution in [3.63, 3.8) is 0 Å². The normalized spacial score (nSPS) is 10.7. The number of hydrogen-bond donors (Lipinski definition) is 0. The second-order valence-corrected chi connectivity index (χ2v) is 4.88. The van der Waals surface area contributed by atoms with Crippen molar-refractivity contribution in [3.8, 4) is 0 Å². The van der Waals surface area contributed by atoms with Gasteiger partial charge in [0.05, 0.1) is 0 Å². The fourth-order valence-electron chi connectivity index (χ4n) is 2.40. The monoisotopic (exact) mass is 278 g/mol. The molecule has 2 aromatic carbocycles. The lowest BCUT2D eigenvalue weighted by Gasteiger charge is -2.05. The van der Waals surface area contributed by atoms with Gasteiger partial charge < -0.3 is 4.42 Å². The first-order valence-electron chi connectivity index (χ1n) is 6.84. The van der Waals surface area contributed by atoms with Gasteiger partial charge in [-0.3, -0.25) is 4.79 Å². The highest BCUT2D eigenvalue weighted by atomic mass is 16.4. The maximum absolute atomic E-state index is 12.1. The van der Waals surface area contributed by atoms with Crippen LogP contribution in [-0.4, -0.2) is 5.78 Å². The summed E-state index contributed by atoms with van der Waals surface area (Å²) in [4.78, 5) is 23.7. The summed E-state index contributed by atoms with van der Waals surface area (Å²) in [6.45, 7) is 0. The van der Waals surface area contributed by atoms with Gasteiger partial charge in [-0.1, -0.05) is 48.5 Å². The third kappa shape index (κ3) is 2.92. The van der Waals surface area contributed by atoms with E-state index in [0.29, 0.717) is 24.0 Å². The molecule has 3 nitrogen and oxygen atoms in total. The zero-order valence-electron chi connectivity index (χ0n) is 11.4. The van der Waals surface area contributed by atoms with Crippen LogP contribution in [0.4, 0.5) is 0 Å². The number of carbonyl (C=O) groups is 1. The zero-order valence-corrected chi connectivity index (χ0v) is 11.4. The van der Waals surface area contributed by atoms with Gasteiger partial charge in [-0.15, -0.1) is 0 Å². The first-order valence-corrected chi connectivity index (χ1v) is 6.84. The molecule has 0 saturated carbocycles. The Morgan fingerprint density at radius 2 is 1.67 bits per heavy atom. The van der Waals surface area contributed by atoms with Crippen molar-refractivity contribution in [3.05, 3.63) is 82.2 Å². The lowest BCUT2D eigenvalue weighted by Crippen LogP contribution is -2.04. The fraction of sp³-hybridized carbons (Fsp3) is 0.111. The van der Waals surface area contributed by atoms with E-state index in [-0.39, 0.29) is 11.4 Å². The predicted molar refractivity (Wildman–Crippen MR) is 81.6 cm³/mol. The van der Waals surface area contributed by atoms with Gasteiger partial charge in [0.2, 0.25) is 0 Å². The van der Waals surface area contributed by atoms with Crippen LogP contribution in [0, 0.1) is 0 Å². The Morgan fingerprint density at radius 1 is 0.952 bits per heavy atom. The number of hydrogen-bond acceptors (Lipinski definition) is 3. The van der Waals surface area contributed by atoms with Gasteiger partial charge >= 0.3 is 5.63 Å². The van der Waals surface area contributed by atoms with Crippen LogP contribution in [0.5, 0.6) is 0 Å². The van der Waals surface area contributed by atoms with Crippen LogP contribution in [0.1, 0.15) is 22.3 Å². The maximum Gasteiger partial charge on any atom is 0.336 e. The first-order chi connectivity index (χ1) is 10.2. The van der Waals surface area contributed by atoms with E-state index < -0.39 is 0 Å². The lowest BCUT2D eigenvalue weighted by molar-refractivity contribution is 0.0983. The van der Waals surface area contributed by atoms with Gasteiger partial charge in [-0.05, 0) is 18.1 Å². The molecular formula is C18H14O3. The van der Waals surface area contributed by atoms with E-state index in [1.165, 1.54) is 6.07 Å². The molecule has 21 heavy (non-hydrogen) atoms. The number of benzene rings is 2. The van der Waals surface area contributed by atoms with Gasteiger partial charge in [-0.2, -0.15) is 0 Å². The van der Waals surface area contributed by atoms with Crippen LogP contribution in [-0.2, 0) is 6.42 Å². The standard InChI is InChI=1S/C18H14O3/c19-16(13-6-2-1-3-7-13)11-10-14-12-18(20)21-17-9-5-4-8-15(14)17/h1-9,12H,10-11H2. The first kappa shape index (κ1) is 13.3. The Balaban J connectivity index is 1.86. The molecule has 0 aliphatic rings. The molecule has 3 heteroatoms. The van der Waals surface area contributed by atoms with Crippen molar-refractivity contribution in [2.24, 2.45) is 0 Å². The summed E-state index contributed by atoms with van der Waals surface area (Å²) in [5.41, 5.74) is 1.74. The number of Topliss-reactive ketones (excluding diaryl/α,β-unsaturated/α-hetero) is 1. The average Bonchev–Trinajstić information content (AvgIpc) is 2.53. The van der Waals surface area contributed by atoms with E-state index in [0.717, 1.165) is 10.9 Å². The van der Waals surface area contributed by atoms with Gasteiger partial charge in [0.15, 0.2) is 5.78 Å². The molecule has 1 heterocycles. The molecule has 1 aromatic heterocycles. The number of para-hydroxylation sites is 1. The number of carbonyl (C=O) groups excluding carboxylic acids is 1. The van der Waals surface area contributed by atoms with Crippen molar-refractivity contribution in [2.75, 3.05) is 0 Å². The summed E-state index contributed by atoms with van der Waals surface area (Å²) < 4.78 is 5.15. The molecule has 0 N–H and O–H groups in total. The number of fused-ring (bicyclic) bond motifs is 1. The number of aryl methyl sites for hydroxylation is 1. The highest BCUT2D eigenvalue weighted by Gasteiger charge is 2.09. The third-order valence-electron chi connectivity index (χ3n) is 3.45. The van der Waals surface area contributed by atoms with E-state index in [1.54, 1.807) is 18.2 Å². The molecule has 0 atom stereocenters. The van der Waals surface area contributed by atoms with Crippen LogP contribution in [0.25, 0.3) is 11.0 Å². The Morgan fingerprint density at radius 3 is 2.48 bits per heavy atom. The minimum absolute atomic E-state index is 0.0768. The smallest absolute Gasteiger partial charge is 0.336 e. The van der Waals surface area contributed by atoms with Gasteiger partial charge in [0.1, 0.15) is 5.58 Å². The Labute approximate surface area is 121 Å². The SMILES string of the molecule is O=C(CCc1cc(=O)oc2ccccc12)c1ccccc1. The second-order valence-electron chi connectivity index (χ2n) is 4.88. The molecule has 0 amide bonds. The average molecular weight is 278 g/mol. The van der Waals surface area contributed by atoms with Crippen LogP contribution in [0.3, 0.4) is 0 Å². The molecule has 0 spiro atoms. The van der Waals surface area contributed by atoms with Crippen molar-refractivity contribution in [2.45, 2.75) is 12.8 Å². The molecule has 0 radical (unpaired) electrons. The van der Waals surface area contributed by atoms with Crippen molar-refractivity contribution < 1.29 is 9.21 Å². The van der Waals surface area contributed by atoms with Crippen LogP contribution < -0.4 is 5.63 Å². The van der Waals surface area contributed by atoms with E-state index in [2.05, 4.69) is 0 Å². The molecule has 0 aliphatic carbocycles. The van der Waals surface area contributed by atoms with Crippen molar-refractivity contribution in [1.82, 2.24) is 0 Å². The predicted octanol–water partition coefficient (Wildman–Crippen LogP) is 3.61. The topological polar surface area (TPSA) is 47.3 Å². The van der Waals surface area contributed by atoms with Crippen LogP contribution in [0.15, 0.2) is 69.9 Å². The summed E-state index contributed by atoms with van der Waals surface area (Å²) >= 11 is 0. The molecule has 0 saturated heterocycles. The molecular weight excluding hydrogens is 264 g/mol. The summed E-state index contributed by atoms with van der Waals surface area (Å²) in [7, 11) is 0. The summed E-state index contributed by atoms with van der Waals surface area (Å²) in [6, 6.07) is 18.0. The van der Waals surface area contributed by atoms with E-state index in [4.69, 9.17) is 4.42 Å². The van der Waals surface area contributed by atoms with Crippen LogP contribution in [0.2, 0.25) is 0 Å². The minimum Gasteiger partial charge on any atom is -0.423 e. The minimum atomic E-state index is -0.379. The Hall–Kier alpha value is -2.68.